The van der Waals surface area contributed by atoms with Crippen molar-refractivity contribution in [2.75, 3.05) is 0 Å². The average molecular weight is 394 g/mol. The van der Waals surface area contributed by atoms with Gasteiger partial charge in [0, 0.05) is 6.42 Å². The van der Waals surface area contributed by atoms with Gasteiger partial charge in [-0.3, -0.25) is 4.79 Å². The smallest absolute Gasteiger partial charge is 0.347 e. The molecular weight excluding hydrogens is 368 g/mol. The summed E-state index contributed by atoms with van der Waals surface area (Å²) in [5.74, 6) is -3.05. The normalized spacial score (nSPS) is 13.6. The fourth-order valence-electron chi connectivity index (χ4n) is 1.99. The molecule has 0 unspecified atom stereocenters. The molecule has 0 heterocycles. The maximum absolute atomic E-state index is 12.0. The molecule has 0 aliphatic heterocycles. The van der Waals surface area contributed by atoms with Crippen LogP contribution in [0.4, 0.5) is 0 Å². The first-order valence-electron chi connectivity index (χ1n) is 9.05. The fourth-order valence-corrected chi connectivity index (χ4v) is 1.99. The highest BCUT2D eigenvalue weighted by Crippen LogP contribution is 2.07. The molecule has 28 heavy (non-hydrogen) atoms. The largest absolute Gasteiger partial charge is 0.458 e. The van der Waals surface area contributed by atoms with Crippen molar-refractivity contribution < 1.29 is 38.1 Å². The van der Waals surface area contributed by atoms with Crippen molar-refractivity contribution in [2.24, 2.45) is 0 Å². The molecule has 8 nitrogen and oxygen atoms in total. The summed E-state index contributed by atoms with van der Waals surface area (Å²) < 4.78 is 19.8. The molecule has 8 heteroatoms. The minimum Gasteiger partial charge on any atom is -0.458 e. The summed E-state index contributed by atoms with van der Waals surface area (Å²) in [4.78, 5) is 47.2. The number of ether oxygens (including phenoxy) is 4. The van der Waals surface area contributed by atoms with Crippen molar-refractivity contribution in [1.82, 2.24) is 0 Å². The molecule has 154 valence electrons. The van der Waals surface area contributed by atoms with Crippen molar-refractivity contribution in [3.8, 4) is 0 Å². The first-order valence-corrected chi connectivity index (χ1v) is 9.05. The molecule has 0 radical (unpaired) electrons. The second kappa shape index (κ2) is 11.7. The van der Waals surface area contributed by atoms with Crippen LogP contribution < -0.4 is 0 Å². The van der Waals surface area contributed by atoms with Crippen molar-refractivity contribution in [3.63, 3.8) is 0 Å². The number of esters is 4. The quantitative estimate of drug-likeness (QED) is 0.440. The molecule has 0 fully saturated rings. The number of rotatable bonds is 10. The molecule has 0 aliphatic carbocycles. The summed E-state index contributed by atoms with van der Waals surface area (Å²) in [5.41, 5.74) is 0.795. The van der Waals surface area contributed by atoms with Gasteiger partial charge in [-0.15, -0.1) is 0 Å². The average Bonchev–Trinajstić information content (AvgIpc) is 2.66. The van der Waals surface area contributed by atoms with Gasteiger partial charge in [0.2, 0.25) is 0 Å². The van der Waals surface area contributed by atoms with Gasteiger partial charge in [-0.1, -0.05) is 37.3 Å². The first kappa shape index (κ1) is 23.1. The van der Waals surface area contributed by atoms with E-state index in [1.54, 1.807) is 19.1 Å². The van der Waals surface area contributed by atoms with E-state index >= 15 is 0 Å². The molecule has 1 aromatic rings. The van der Waals surface area contributed by atoms with Gasteiger partial charge >= 0.3 is 23.9 Å². The zero-order chi connectivity index (χ0) is 21.1. The van der Waals surface area contributed by atoms with Gasteiger partial charge in [-0.2, -0.15) is 0 Å². The lowest BCUT2D eigenvalue weighted by atomic mass is 10.2. The number of hydrogen-bond donors (Lipinski definition) is 0. The molecule has 0 saturated heterocycles. The van der Waals surface area contributed by atoms with Crippen LogP contribution in [0.2, 0.25) is 0 Å². The van der Waals surface area contributed by atoms with Crippen LogP contribution in [0.15, 0.2) is 30.3 Å². The second-order valence-electron chi connectivity index (χ2n) is 6.13. The Morgan fingerprint density at radius 1 is 0.786 bits per heavy atom. The molecular formula is C20H26O8. The monoisotopic (exact) mass is 394 g/mol. The Morgan fingerprint density at radius 3 is 1.82 bits per heavy atom. The summed E-state index contributed by atoms with van der Waals surface area (Å²) in [7, 11) is 0. The number of benzene rings is 1. The SMILES string of the molecule is CCCC(=O)O[C@@H](C)C(=O)O[C@H](C)C(=O)O[C@H](C)C(=O)OCc1ccccc1. The predicted molar refractivity (Wildman–Crippen MR) is 97.8 cm³/mol. The minimum atomic E-state index is -1.27. The second-order valence-corrected chi connectivity index (χ2v) is 6.13. The number of carbonyl (C=O) groups excluding carboxylic acids is 4. The van der Waals surface area contributed by atoms with Crippen molar-refractivity contribution >= 4 is 23.9 Å². The van der Waals surface area contributed by atoms with Gasteiger partial charge in [0.15, 0.2) is 18.3 Å². The van der Waals surface area contributed by atoms with Crippen LogP contribution in [0.5, 0.6) is 0 Å². The van der Waals surface area contributed by atoms with Gasteiger partial charge < -0.3 is 18.9 Å². The Morgan fingerprint density at radius 2 is 1.29 bits per heavy atom. The highest BCUT2D eigenvalue weighted by atomic mass is 16.6. The van der Waals surface area contributed by atoms with Gasteiger partial charge in [0.25, 0.3) is 0 Å². The Hall–Kier alpha value is -2.90. The van der Waals surface area contributed by atoms with Crippen LogP contribution in [0.25, 0.3) is 0 Å². The summed E-state index contributed by atoms with van der Waals surface area (Å²) in [5, 5.41) is 0. The number of carbonyl (C=O) groups is 4. The lowest BCUT2D eigenvalue weighted by Crippen LogP contribution is -2.36. The molecule has 1 rings (SSSR count). The molecule has 0 aliphatic rings. The van der Waals surface area contributed by atoms with Gasteiger partial charge in [-0.05, 0) is 32.8 Å². The van der Waals surface area contributed by atoms with Gasteiger partial charge in [0.1, 0.15) is 6.61 Å². The molecule has 1 aromatic carbocycles. The molecule has 0 bridgehead atoms. The molecule has 0 aromatic heterocycles. The molecule has 0 spiro atoms. The maximum atomic E-state index is 12.0. The summed E-state index contributed by atoms with van der Waals surface area (Å²) >= 11 is 0. The van der Waals surface area contributed by atoms with E-state index in [-0.39, 0.29) is 13.0 Å². The van der Waals surface area contributed by atoms with E-state index in [0.29, 0.717) is 6.42 Å². The summed E-state index contributed by atoms with van der Waals surface area (Å²) in [6.07, 6.45) is -2.83. The lowest BCUT2D eigenvalue weighted by molar-refractivity contribution is -0.182. The van der Waals surface area contributed by atoms with E-state index in [1.165, 1.54) is 20.8 Å². The molecule has 0 amide bonds. The molecule has 3 atom stereocenters. The predicted octanol–water partition coefficient (Wildman–Crippen LogP) is 2.32. The van der Waals surface area contributed by atoms with Gasteiger partial charge in [-0.25, -0.2) is 14.4 Å². The van der Waals surface area contributed by atoms with E-state index < -0.39 is 42.2 Å². The van der Waals surface area contributed by atoms with Crippen molar-refractivity contribution in [3.05, 3.63) is 35.9 Å². The zero-order valence-corrected chi connectivity index (χ0v) is 16.5. The van der Waals surface area contributed by atoms with E-state index in [1.807, 2.05) is 18.2 Å². The Kier molecular flexibility index (Phi) is 9.70. The van der Waals surface area contributed by atoms with Crippen molar-refractivity contribution in [2.45, 2.75) is 65.5 Å². The summed E-state index contributed by atoms with van der Waals surface area (Å²) in [6.45, 7) is 5.84. The van der Waals surface area contributed by atoms with Crippen LogP contribution in [-0.2, 0) is 44.7 Å². The Balaban J connectivity index is 2.42. The summed E-state index contributed by atoms with van der Waals surface area (Å²) in [6, 6.07) is 9.04. The third-order valence-corrected chi connectivity index (χ3v) is 3.57. The van der Waals surface area contributed by atoms with Crippen LogP contribution in [0.3, 0.4) is 0 Å². The zero-order valence-electron chi connectivity index (χ0n) is 16.5. The lowest BCUT2D eigenvalue weighted by Gasteiger charge is -2.18. The maximum Gasteiger partial charge on any atom is 0.347 e. The van der Waals surface area contributed by atoms with Gasteiger partial charge in [0.05, 0.1) is 0 Å². The van der Waals surface area contributed by atoms with E-state index in [9.17, 15) is 19.2 Å². The first-order chi connectivity index (χ1) is 13.2. The molecule has 0 saturated carbocycles. The van der Waals surface area contributed by atoms with E-state index in [0.717, 1.165) is 5.56 Å². The third kappa shape index (κ3) is 8.20. The topological polar surface area (TPSA) is 105 Å². The van der Waals surface area contributed by atoms with Crippen LogP contribution in [-0.4, -0.2) is 42.2 Å². The standard InChI is InChI=1S/C20H26O8/c1-5-9-17(21)26-14(3)19(23)28-15(4)20(24)27-13(2)18(22)25-12-16-10-7-6-8-11-16/h6-8,10-11,13-15H,5,9,12H2,1-4H3/t13-,14+,15-/m1/s1. The highest BCUT2D eigenvalue weighted by molar-refractivity contribution is 5.84. The number of hydrogen-bond acceptors (Lipinski definition) is 8. The Bertz CT molecular complexity index is 670. The van der Waals surface area contributed by atoms with Crippen LogP contribution >= 0.6 is 0 Å². The molecule has 0 N–H and O–H groups in total. The van der Waals surface area contributed by atoms with E-state index in [4.69, 9.17) is 18.9 Å². The highest BCUT2D eigenvalue weighted by Gasteiger charge is 2.28. The Labute approximate surface area is 164 Å². The van der Waals surface area contributed by atoms with Crippen molar-refractivity contribution in [1.29, 1.82) is 0 Å². The minimum absolute atomic E-state index is 0.0484. The van der Waals surface area contributed by atoms with E-state index in [2.05, 4.69) is 0 Å². The third-order valence-electron chi connectivity index (χ3n) is 3.57. The van der Waals surface area contributed by atoms with Crippen LogP contribution in [0.1, 0.15) is 46.1 Å². The van der Waals surface area contributed by atoms with Crippen LogP contribution in [0, 0.1) is 0 Å². The fraction of sp³-hybridized carbons (Fsp3) is 0.500.